The van der Waals surface area contributed by atoms with Crippen molar-refractivity contribution in [1.29, 1.82) is 0 Å². The number of hydrogen-bond acceptors (Lipinski definition) is 5. The minimum atomic E-state index is -0.545. The maximum Gasteiger partial charge on any atom is 0.306 e. The molecule has 138 valence electrons. The second-order valence-corrected chi connectivity index (χ2v) is 6.15. The molecule has 0 aliphatic heterocycles. The van der Waals surface area contributed by atoms with E-state index in [4.69, 9.17) is 20.8 Å². The molecule has 7 heteroatoms. The van der Waals surface area contributed by atoms with Gasteiger partial charge in [0.1, 0.15) is 5.82 Å². The van der Waals surface area contributed by atoms with Crippen LogP contribution < -0.4 is 0 Å². The first-order chi connectivity index (χ1) is 13.0. The van der Waals surface area contributed by atoms with Crippen molar-refractivity contribution in [3.8, 4) is 11.3 Å². The van der Waals surface area contributed by atoms with Gasteiger partial charge in [0.15, 0.2) is 18.2 Å². The van der Waals surface area contributed by atoms with Crippen LogP contribution in [-0.2, 0) is 16.1 Å². The van der Waals surface area contributed by atoms with Gasteiger partial charge in [-0.05, 0) is 48.5 Å². The van der Waals surface area contributed by atoms with Crippen molar-refractivity contribution >= 4 is 23.4 Å². The molecule has 0 saturated heterocycles. The molecule has 3 aromatic rings. The van der Waals surface area contributed by atoms with E-state index in [1.54, 1.807) is 24.3 Å². The largest absolute Gasteiger partial charge is 0.456 e. The van der Waals surface area contributed by atoms with Crippen LogP contribution in [0.5, 0.6) is 0 Å². The van der Waals surface area contributed by atoms with E-state index in [1.807, 2.05) is 0 Å². The van der Waals surface area contributed by atoms with Gasteiger partial charge in [0, 0.05) is 22.6 Å². The molecule has 0 spiro atoms. The molecule has 27 heavy (non-hydrogen) atoms. The Kier molecular flexibility index (Phi) is 5.98. The first kappa shape index (κ1) is 18.8. The van der Waals surface area contributed by atoms with Gasteiger partial charge in [0.05, 0.1) is 12.6 Å². The summed E-state index contributed by atoms with van der Waals surface area (Å²) in [4.78, 5) is 27.8. The molecule has 0 N–H and O–H groups in total. The van der Waals surface area contributed by atoms with Crippen LogP contribution in [0.15, 0.2) is 59.1 Å². The number of aromatic nitrogens is 1. The zero-order valence-electron chi connectivity index (χ0n) is 14.2. The van der Waals surface area contributed by atoms with Crippen LogP contribution >= 0.6 is 11.6 Å². The number of benzene rings is 2. The van der Waals surface area contributed by atoms with Crippen molar-refractivity contribution < 1.29 is 23.1 Å². The Labute approximate surface area is 159 Å². The zero-order valence-corrected chi connectivity index (χ0v) is 14.9. The minimum absolute atomic E-state index is 0.0218. The highest BCUT2D eigenvalue weighted by Crippen LogP contribution is 2.22. The fourth-order valence-electron chi connectivity index (χ4n) is 2.33. The van der Waals surface area contributed by atoms with Crippen LogP contribution in [0.2, 0.25) is 5.02 Å². The third-order valence-electron chi connectivity index (χ3n) is 3.76. The van der Waals surface area contributed by atoms with Crippen LogP contribution in [0.3, 0.4) is 0 Å². The molecule has 5 nitrogen and oxygen atoms in total. The Morgan fingerprint density at radius 1 is 1.04 bits per heavy atom. The fraction of sp³-hybridized carbons (Fsp3) is 0.150. The number of hydrogen-bond donors (Lipinski definition) is 0. The Hall–Kier alpha value is -2.99. The highest BCUT2D eigenvalue weighted by atomic mass is 35.5. The molecule has 0 bridgehead atoms. The molecule has 0 amide bonds. The second kappa shape index (κ2) is 8.60. The van der Waals surface area contributed by atoms with Gasteiger partial charge in [0.2, 0.25) is 5.89 Å². The molecule has 1 heterocycles. The summed E-state index contributed by atoms with van der Waals surface area (Å²) in [7, 11) is 0. The van der Waals surface area contributed by atoms with E-state index >= 15 is 0 Å². The monoisotopic (exact) mass is 387 g/mol. The molecule has 0 saturated carbocycles. The molecular formula is C20H15ClFNO4. The van der Waals surface area contributed by atoms with E-state index < -0.39 is 11.8 Å². The van der Waals surface area contributed by atoms with Crippen molar-refractivity contribution in [2.75, 3.05) is 0 Å². The number of carbonyl (C=O) groups is 2. The highest BCUT2D eigenvalue weighted by molar-refractivity contribution is 6.30. The van der Waals surface area contributed by atoms with E-state index in [0.29, 0.717) is 16.3 Å². The predicted molar refractivity (Wildman–Crippen MR) is 96.7 cm³/mol. The first-order valence-corrected chi connectivity index (χ1v) is 8.54. The summed E-state index contributed by atoms with van der Waals surface area (Å²) < 4.78 is 23.5. The number of halogens is 2. The summed E-state index contributed by atoms with van der Waals surface area (Å²) in [5.41, 5.74) is 1.15. The van der Waals surface area contributed by atoms with Gasteiger partial charge in [0.25, 0.3) is 0 Å². The van der Waals surface area contributed by atoms with Gasteiger partial charge < -0.3 is 9.15 Å². The number of Topliss-reactive ketones (excluding diaryl/α,β-unsaturated/α-hetero) is 1. The molecule has 0 radical (unpaired) electrons. The summed E-state index contributed by atoms with van der Waals surface area (Å²) in [5.74, 6) is -0.443. The van der Waals surface area contributed by atoms with Crippen LogP contribution in [0.25, 0.3) is 11.3 Å². The molecule has 1 aromatic heterocycles. The maximum atomic E-state index is 12.8. The normalized spacial score (nSPS) is 10.6. The van der Waals surface area contributed by atoms with Crippen LogP contribution in [0, 0.1) is 5.82 Å². The topological polar surface area (TPSA) is 69.4 Å². The number of carbonyl (C=O) groups excluding carboxylic acids is 2. The number of ether oxygens (including phenoxy) is 1. The van der Waals surface area contributed by atoms with E-state index in [2.05, 4.69) is 4.98 Å². The van der Waals surface area contributed by atoms with Gasteiger partial charge in [-0.1, -0.05) is 11.6 Å². The molecular weight excluding hydrogens is 373 g/mol. The van der Waals surface area contributed by atoms with E-state index in [0.717, 1.165) is 5.56 Å². The smallest absolute Gasteiger partial charge is 0.306 e. The van der Waals surface area contributed by atoms with Gasteiger partial charge in [-0.25, -0.2) is 9.37 Å². The van der Waals surface area contributed by atoms with Gasteiger partial charge in [-0.3, -0.25) is 9.59 Å². The van der Waals surface area contributed by atoms with Crippen molar-refractivity contribution in [2.24, 2.45) is 0 Å². The highest BCUT2D eigenvalue weighted by Gasteiger charge is 2.12. The lowest BCUT2D eigenvalue weighted by atomic mass is 10.1. The average molecular weight is 388 g/mol. The van der Waals surface area contributed by atoms with E-state index in [-0.39, 0.29) is 31.1 Å². The Morgan fingerprint density at radius 2 is 1.74 bits per heavy atom. The summed E-state index contributed by atoms with van der Waals surface area (Å²) in [5, 5.41) is 0.614. The summed E-state index contributed by atoms with van der Waals surface area (Å²) in [6, 6.07) is 12.2. The minimum Gasteiger partial charge on any atom is -0.456 e. The number of ketones is 1. The molecule has 0 atom stereocenters. The Bertz CT molecular complexity index is 935. The van der Waals surface area contributed by atoms with Crippen molar-refractivity contribution in [1.82, 2.24) is 4.98 Å². The van der Waals surface area contributed by atoms with Crippen LogP contribution in [0.1, 0.15) is 29.1 Å². The number of nitrogens with zero attached hydrogens (tertiary/aromatic N) is 1. The summed E-state index contributed by atoms with van der Waals surface area (Å²) >= 11 is 5.84. The third-order valence-corrected chi connectivity index (χ3v) is 4.01. The Balaban J connectivity index is 1.47. The number of oxazole rings is 1. The average Bonchev–Trinajstić information content (AvgIpc) is 3.14. The molecule has 0 unspecified atom stereocenters. The number of esters is 1. The van der Waals surface area contributed by atoms with Gasteiger partial charge >= 0.3 is 5.97 Å². The van der Waals surface area contributed by atoms with E-state index in [1.165, 1.54) is 30.5 Å². The molecule has 2 aromatic carbocycles. The fourth-order valence-corrected chi connectivity index (χ4v) is 2.46. The third kappa shape index (κ3) is 5.24. The lowest BCUT2D eigenvalue weighted by Crippen LogP contribution is -2.08. The Morgan fingerprint density at radius 3 is 2.44 bits per heavy atom. The standard InChI is InChI=1S/C20H15ClFNO4/c21-15-5-1-14(2-6-15)18-11-23-19(27-18)12-26-20(25)10-9-17(24)13-3-7-16(22)8-4-13/h1-8,11H,9-10,12H2. The summed E-state index contributed by atoms with van der Waals surface area (Å²) in [6.45, 7) is -0.128. The zero-order chi connectivity index (χ0) is 19.2. The quantitative estimate of drug-likeness (QED) is 0.428. The van der Waals surface area contributed by atoms with Gasteiger partial charge in [-0.15, -0.1) is 0 Å². The molecule has 0 fully saturated rings. The molecule has 0 aliphatic rings. The lowest BCUT2D eigenvalue weighted by Gasteiger charge is -2.03. The predicted octanol–water partition coefficient (Wildman–Crippen LogP) is 4.84. The van der Waals surface area contributed by atoms with Crippen molar-refractivity contribution in [3.05, 3.63) is 77.0 Å². The molecule has 0 aliphatic carbocycles. The van der Waals surface area contributed by atoms with Crippen LogP contribution in [0.4, 0.5) is 4.39 Å². The van der Waals surface area contributed by atoms with Crippen LogP contribution in [-0.4, -0.2) is 16.7 Å². The summed E-state index contributed by atoms with van der Waals surface area (Å²) in [6.07, 6.45) is 1.43. The van der Waals surface area contributed by atoms with Crippen molar-refractivity contribution in [2.45, 2.75) is 19.4 Å². The lowest BCUT2D eigenvalue weighted by molar-refractivity contribution is -0.145. The first-order valence-electron chi connectivity index (χ1n) is 8.16. The number of rotatable bonds is 7. The maximum absolute atomic E-state index is 12.8. The van der Waals surface area contributed by atoms with Crippen molar-refractivity contribution in [3.63, 3.8) is 0 Å². The second-order valence-electron chi connectivity index (χ2n) is 5.72. The van der Waals surface area contributed by atoms with E-state index in [9.17, 15) is 14.0 Å². The SMILES string of the molecule is O=C(CCC(=O)c1ccc(F)cc1)OCc1ncc(-c2ccc(Cl)cc2)o1. The molecule has 3 rings (SSSR count). The van der Waals surface area contributed by atoms with Gasteiger partial charge in [-0.2, -0.15) is 0 Å².